The molecule has 0 amide bonds. The van der Waals surface area contributed by atoms with E-state index in [1.807, 2.05) is 0 Å². The van der Waals surface area contributed by atoms with Crippen molar-refractivity contribution in [1.82, 2.24) is 15.1 Å². The zero-order chi connectivity index (χ0) is 14.6. The quantitative estimate of drug-likeness (QED) is 0.837. The maximum absolute atomic E-state index is 12.3. The minimum Gasteiger partial charge on any atom is -0.310 e. The van der Waals surface area contributed by atoms with Gasteiger partial charge in [0.25, 0.3) is 0 Å². The Morgan fingerprint density at radius 3 is 2.20 bits per heavy atom. The Hall–Kier alpha value is -0.330. The molecule has 2 rings (SSSR count). The molecule has 2 heterocycles. The Kier molecular flexibility index (Phi) is 5.69. The summed E-state index contributed by atoms with van der Waals surface area (Å²) in [6.45, 7) is 5.96. The third-order valence-corrected chi connectivity index (χ3v) is 4.24. The van der Waals surface area contributed by atoms with E-state index in [0.717, 1.165) is 19.4 Å². The van der Waals surface area contributed by atoms with Crippen molar-refractivity contribution >= 4 is 0 Å². The number of hydrogen-bond donors (Lipinski definition) is 1. The first kappa shape index (κ1) is 16.0. The lowest BCUT2D eigenvalue weighted by Crippen LogP contribution is -2.49. The smallest absolute Gasteiger partial charge is 0.310 e. The van der Waals surface area contributed by atoms with Gasteiger partial charge in [0.2, 0.25) is 0 Å². The average Bonchev–Trinajstić information content (AvgIpc) is 2.82. The Morgan fingerprint density at radius 2 is 1.65 bits per heavy atom. The van der Waals surface area contributed by atoms with Crippen LogP contribution in [0, 0.1) is 0 Å². The zero-order valence-corrected chi connectivity index (χ0v) is 12.3. The monoisotopic (exact) mass is 293 g/mol. The van der Waals surface area contributed by atoms with Gasteiger partial charge in [-0.15, -0.1) is 0 Å². The third kappa shape index (κ3) is 5.58. The fourth-order valence-corrected chi connectivity index (χ4v) is 3.32. The summed E-state index contributed by atoms with van der Waals surface area (Å²) < 4.78 is 36.9. The molecule has 0 aliphatic carbocycles. The minimum atomic E-state index is -4.07. The molecule has 0 aromatic carbocycles. The van der Waals surface area contributed by atoms with Crippen molar-refractivity contribution in [2.24, 2.45) is 0 Å². The van der Waals surface area contributed by atoms with Crippen LogP contribution in [-0.4, -0.2) is 67.3 Å². The van der Waals surface area contributed by atoms with Crippen LogP contribution in [0.2, 0.25) is 0 Å². The standard InChI is InChI=1S/C14H26F3N3/c1-12(10-19-6-2-3-7-19)18-13-4-8-20(9-5-13)11-14(15,16)17/h12-13,18H,2-11H2,1H3. The number of nitrogens with zero attached hydrogens (tertiary/aromatic N) is 2. The molecule has 3 nitrogen and oxygen atoms in total. The zero-order valence-electron chi connectivity index (χ0n) is 12.3. The summed E-state index contributed by atoms with van der Waals surface area (Å²) in [5.41, 5.74) is 0. The van der Waals surface area contributed by atoms with Gasteiger partial charge in [-0.25, -0.2) is 0 Å². The fourth-order valence-electron chi connectivity index (χ4n) is 3.32. The lowest BCUT2D eigenvalue weighted by Gasteiger charge is -2.34. The second-order valence-electron chi connectivity index (χ2n) is 6.24. The molecule has 0 aromatic rings. The molecule has 0 aromatic heterocycles. The van der Waals surface area contributed by atoms with E-state index in [1.54, 1.807) is 0 Å². The minimum absolute atomic E-state index is 0.372. The van der Waals surface area contributed by atoms with E-state index in [4.69, 9.17) is 0 Å². The Balaban J connectivity index is 1.63. The first-order chi connectivity index (χ1) is 9.42. The first-order valence-corrected chi connectivity index (χ1v) is 7.70. The van der Waals surface area contributed by atoms with Crippen LogP contribution in [0.5, 0.6) is 0 Å². The normalized spacial score (nSPS) is 25.2. The molecule has 2 fully saturated rings. The number of rotatable bonds is 5. The Morgan fingerprint density at radius 1 is 1.05 bits per heavy atom. The Labute approximate surface area is 119 Å². The summed E-state index contributed by atoms with van der Waals surface area (Å²) in [6.07, 6.45) is 0.162. The van der Waals surface area contributed by atoms with Crippen LogP contribution in [0.25, 0.3) is 0 Å². The fraction of sp³-hybridized carbons (Fsp3) is 1.00. The molecule has 1 unspecified atom stereocenters. The number of alkyl halides is 3. The highest BCUT2D eigenvalue weighted by atomic mass is 19.4. The largest absolute Gasteiger partial charge is 0.401 e. The highest BCUT2D eigenvalue weighted by Gasteiger charge is 2.32. The molecule has 0 radical (unpaired) electrons. The van der Waals surface area contributed by atoms with Crippen molar-refractivity contribution in [3.8, 4) is 0 Å². The van der Waals surface area contributed by atoms with Gasteiger partial charge in [-0.05, 0) is 58.8 Å². The van der Waals surface area contributed by atoms with Gasteiger partial charge in [0.15, 0.2) is 0 Å². The van der Waals surface area contributed by atoms with Crippen molar-refractivity contribution in [1.29, 1.82) is 0 Å². The van der Waals surface area contributed by atoms with E-state index in [2.05, 4.69) is 17.1 Å². The van der Waals surface area contributed by atoms with Crippen LogP contribution in [-0.2, 0) is 0 Å². The molecular weight excluding hydrogens is 267 g/mol. The van der Waals surface area contributed by atoms with Gasteiger partial charge in [0.05, 0.1) is 6.54 Å². The van der Waals surface area contributed by atoms with E-state index >= 15 is 0 Å². The molecule has 2 aliphatic heterocycles. The highest BCUT2D eigenvalue weighted by molar-refractivity contribution is 4.82. The van der Waals surface area contributed by atoms with Crippen LogP contribution in [0.3, 0.4) is 0 Å². The molecule has 20 heavy (non-hydrogen) atoms. The molecule has 2 aliphatic rings. The number of likely N-dealkylation sites (tertiary alicyclic amines) is 2. The second kappa shape index (κ2) is 7.09. The average molecular weight is 293 g/mol. The van der Waals surface area contributed by atoms with E-state index < -0.39 is 12.7 Å². The maximum Gasteiger partial charge on any atom is 0.401 e. The summed E-state index contributed by atoms with van der Waals surface area (Å²) >= 11 is 0. The maximum atomic E-state index is 12.3. The molecule has 1 N–H and O–H groups in total. The molecule has 0 saturated carbocycles. The van der Waals surface area contributed by atoms with Crippen LogP contribution in [0.15, 0.2) is 0 Å². The SMILES string of the molecule is CC(CN1CCCC1)NC1CCN(CC(F)(F)F)CC1. The summed E-state index contributed by atoms with van der Waals surface area (Å²) in [4.78, 5) is 3.99. The lowest BCUT2D eigenvalue weighted by molar-refractivity contribution is -0.148. The van der Waals surface area contributed by atoms with Gasteiger partial charge < -0.3 is 10.2 Å². The lowest BCUT2D eigenvalue weighted by atomic mass is 10.0. The van der Waals surface area contributed by atoms with E-state index in [0.29, 0.717) is 25.2 Å². The summed E-state index contributed by atoms with van der Waals surface area (Å²) in [7, 11) is 0. The Bertz CT molecular complexity index is 282. The van der Waals surface area contributed by atoms with Gasteiger partial charge in [-0.2, -0.15) is 13.2 Å². The van der Waals surface area contributed by atoms with Gasteiger partial charge in [0, 0.05) is 18.6 Å². The molecule has 118 valence electrons. The van der Waals surface area contributed by atoms with Gasteiger partial charge in [-0.1, -0.05) is 0 Å². The molecule has 6 heteroatoms. The molecule has 0 bridgehead atoms. The molecule has 1 atom stereocenters. The third-order valence-electron chi connectivity index (χ3n) is 4.24. The summed E-state index contributed by atoms with van der Waals surface area (Å²) in [5, 5.41) is 3.58. The van der Waals surface area contributed by atoms with Crippen molar-refractivity contribution in [2.75, 3.05) is 39.3 Å². The van der Waals surface area contributed by atoms with Gasteiger partial charge in [0.1, 0.15) is 0 Å². The number of halogens is 3. The van der Waals surface area contributed by atoms with Gasteiger partial charge >= 0.3 is 6.18 Å². The summed E-state index contributed by atoms with van der Waals surface area (Å²) in [5.74, 6) is 0. The predicted molar refractivity (Wildman–Crippen MR) is 73.8 cm³/mol. The van der Waals surface area contributed by atoms with Crippen LogP contribution in [0.1, 0.15) is 32.6 Å². The topological polar surface area (TPSA) is 18.5 Å². The number of nitrogens with one attached hydrogen (secondary N) is 1. The van der Waals surface area contributed by atoms with Crippen molar-refractivity contribution in [2.45, 2.75) is 50.9 Å². The highest BCUT2D eigenvalue weighted by Crippen LogP contribution is 2.20. The number of piperidine rings is 1. The van der Waals surface area contributed by atoms with Crippen LogP contribution in [0.4, 0.5) is 13.2 Å². The van der Waals surface area contributed by atoms with Crippen LogP contribution < -0.4 is 5.32 Å². The van der Waals surface area contributed by atoms with E-state index in [-0.39, 0.29) is 0 Å². The van der Waals surface area contributed by atoms with Crippen molar-refractivity contribution in [3.63, 3.8) is 0 Å². The molecule has 0 spiro atoms. The van der Waals surface area contributed by atoms with Crippen molar-refractivity contribution < 1.29 is 13.2 Å². The van der Waals surface area contributed by atoms with Gasteiger partial charge in [-0.3, -0.25) is 4.90 Å². The number of hydrogen-bond acceptors (Lipinski definition) is 3. The molecular formula is C14H26F3N3. The second-order valence-corrected chi connectivity index (χ2v) is 6.24. The van der Waals surface area contributed by atoms with Crippen LogP contribution >= 0.6 is 0 Å². The van der Waals surface area contributed by atoms with Crippen molar-refractivity contribution in [3.05, 3.63) is 0 Å². The van der Waals surface area contributed by atoms with E-state index in [1.165, 1.54) is 30.8 Å². The summed E-state index contributed by atoms with van der Waals surface area (Å²) in [6, 6.07) is 0.796. The molecule has 2 saturated heterocycles. The van der Waals surface area contributed by atoms with E-state index in [9.17, 15) is 13.2 Å². The first-order valence-electron chi connectivity index (χ1n) is 7.70. The predicted octanol–water partition coefficient (Wildman–Crippen LogP) is 2.09.